The number of hydrogen-bond acceptors (Lipinski definition) is 7. The molecule has 6 rings (SSSR count). The van der Waals surface area contributed by atoms with E-state index in [2.05, 4.69) is 37.4 Å². The predicted molar refractivity (Wildman–Crippen MR) is 197 cm³/mol. The zero-order valence-corrected chi connectivity index (χ0v) is 30.6. The molecule has 0 bridgehead atoms. The van der Waals surface area contributed by atoms with Gasteiger partial charge in [-0.05, 0) is 67.9 Å². The van der Waals surface area contributed by atoms with Gasteiger partial charge in [0, 0.05) is 29.8 Å². The van der Waals surface area contributed by atoms with Gasteiger partial charge in [-0.15, -0.1) is 0 Å². The molecule has 0 spiro atoms. The maximum absolute atomic E-state index is 13.6. The van der Waals surface area contributed by atoms with Gasteiger partial charge in [-0.1, -0.05) is 51.7 Å². The molecule has 2 aromatic carbocycles. The Morgan fingerprint density at radius 2 is 1.47 bits per heavy atom. The standard InChI is InChI=1S/C39H46N8O6/c1-22(2)31(44-38(50)51)36(48)47-19-7-9-30(47)35-42-27-17-14-25(20-28(27)43-35)11-10-24-12-15-26(16-13-24)33-34(41-21-40-33)29-8-6-18-46(29)37(49)32(23(3)4)45-39(52)53-5/h12-17,20-23,29-32,44H,6-9,18-19H2,1-5H3,(H,40,41)(H,42,43)(H,45,52)(H,50,51)/t29?,30-,31-,32-/m0/s1. The number of benzene rings is 2. The maximum atomic E-state index is 13.6. The number of carbonyl (C=O) groups excluding carboxylic acids is 3. The normalized spacial score (nSPS) is 18.2. The summed E-state index contributed by atoms with van der Waals surface area (Å²) < 4.78 is 4.76. The van der Waals surface area contributed by atoms with Crippen molar-refractivity contribution >= 4 is 35.0 Å². The molecule has 14 nitrogen and oxygen atoms in total. The number of fused-ring (bicyclic) bond motifs is 1. The molecule has 4 atom stereocenters. The smallest absolute Gasteiger partial charge is 0.407 e. The number of methoxy groups -OCH3 is 1. The SMILES string of the molecule is COC(=O)N[C@H](C(=O)N1CCCC1c1[nH]cnc1-c1ccc(C#Cc2ccc3nc([C@@H]4CCCN4C(=O)[C@@H](NC(=O)O)C(C)C)[nH]c3c2)cc1)C(C)C. The Bertz CT molecular complexity index is 2040. The van der Waals surface area contributed by atoms with Gasteiger partial charge in [0.1, 0.15) is 17.9 Å². The van der Waals surface area contributed by atoms with Crippen LogP contribution in [-0.4, -0.2) is 91.1 Å². The van der Waals surface area contributed by atoms with Gasteiger partial charge in [0.25, 0.3) is 0 Å². The summed E-state index contributed by atoms with van der Waals surface area (Å²) in [4.78, 5) is 69.9. The Labute approximate surface area is 308 Å². The minimum absolute atomic E-state index is 0.120. The van der Waals surface area contributed by atoms with Crippen LogP contribution in [0.25, 0.3) is 22.3 Å². The summed E-state index contributed by atoms with van der Waals surface area (Å²) >= 11 is 0. The molecule has 1 unspecified atom stereocenters. The fraction of sp³-hybridized carbons (Fsp3) is 0.436. The first-order valence-corrected chi connectivity index (χ1v) is 18.1. The van der Waals surface area contributed by atoms with Gasteiger partial charge in [-0.25, -0.2) is 19.6 Å². The molecule has 2 aromatic heterocycles. The Morgan fingerprint density at radius 1 is 0.868 bits per heavy atom. The van der Waals surface area contributed by atoms with Crippen molar-refractivity contribution in [2.75, 3.05) is 20.2 Å². The molecule has 4 heterocycles. The third-order valence-electron chi connectivity index (χ3n) is 10.0. The quantitative estimate of drug-likeness (QED) is 0.143. The Hall–Kier alpha value is -5.84. The number of nitrogens with zero attached hydrogens (tertiary/aromatic N) is 4. The first-order valence-electron chi connectivity index (χ1n) is 18.1. The van der Waals surface area contributed by atoms with E-state index in [4.69, 9.17) is 9.72 Å². The van der Waals surface area contributed by atoms with Crippen molar-refractivity contribution < 1.29 is 29.0 Å². The Morgan fingerprint density at radius 3 is 2.11 bits per heavy atom. The number of rotatable bonds is 9. The molecule has 278 valence electrons. The average Bonchev–Trinajstić information content (AvgIpc) is 3.96. The van der Waals surface area contributed by atoms with Crippen molar-refractivity contribution in [1.29, 1.82) is 0 Å². The summed E-state index contributed by atoms with van der Waals surface area (Å²) in [6, 6.07) is 11.5. The van der Waals surface area contributed by atoms with E-state index in [1.807, 2.05) is 75.1 Å². The van der Waals surface area contributed by atoms with Crippen LogP contribution in [0, 0.1) is 23.7 Å². The van der Waals surface area contributed by atoms with Gasteiger partial charge in [-0.3, -0.25) is 9.59 Å². The number of amides is 4. The van der Waals surface area contributed by atoms with Crippen LogP contribution in [0.3, 0.4) is 0 Å². The lowest BCUT2D eigenvalue weighted by molar-refractivity contribution is -0.136. The zero-order valence-electron chi connectivity index (χ0n) is 30.6. The summed E-state index contributed by atoms with van der Waals surface area (Å²) in [5.74, 6) is 6.44. The van der Waals surface area contributed by atoms with Gasteiger partial charge >= 0.3 is 12.2 Å². The van der Waals surface area contributed by atoms with Crippen LogP contribution in [0.4, 0.5) is 9.59 Å². The Kier molecular flexibility index (Phi) is 11.0. The second kappa shape index (κ2) is 15.8. The highest BCUT2D eigenvalue weighted by Gasteiger charge is 2.39. The third-order valence-corrected chi connectivity index (χ3v) is 10.0. The monoisotopic (exact) mass is 722 g/mol. The van der Waals surface area contributed by atoms with E-state index in [9.17, 15) is 24.3 Å². The predicted octanol–water partition coefficient (Wildman–Crippen LogP) is 5.35. The van der Waals surface area contributed by atoms with E-state index in [0.717, 1.165) is 64.8 Å². The lowest BCUT2D eigenvalue weighted by Crippen LogP contribution is -2.51. The van der Waals surface area contributed by atoms with E-state index in [1.165, 1.54) is 7.11 Å². The molecule has 0 saturated carbocycles. The number of carbonyl (C=O) groups is 4. The summed E-state index contributed by atoms with van der Waals surface area (Å²) in [5.41, 5.74) is 5.68. The molecule has 53 heavy (non-hydrogen) atoms. The number of likely N-dealkylation sites (tertiary alicyclic amines) is 2. The number of aromatic amines is 2. The summed E-state index contributed by atoms with van der Waals surface area (Å²) in [6.45, 7) is 8.55. The van der Waals surface area contributed by atoms with Gasteiger partial charge in [0.05, 0.1) is 47.9 Å². The van der Waals surface area contributed by atoms with Crippen molar-refractivity contribution in [3.05, 3.63) is 71.4 Å². The molecule has 4 amide bonds. The van der Waals surface area contributed by atoms with Crippen molar-refractivity contribution in [3.63, 3.8) is 0 Å². The molecule has 5 N–H and O–H groups in total. The third kappa shape index (κ3) is 7.99. The van der Waals surface area contributed by atoms with Crippen LogP contribution in [-0.2, 0) is 14.3 Å². The minimum Gasteiger partial charge on any atom is -0.465 e. The first kappa shape index (κ1) is 36.9. The lowest BCUT2D eigenvalue weighted by Gasteiger charge is -2.30. The van der Waals surface area contributed by atoms with Crippen molar-refractivity contribution in [3.8, 4) is 23.1 Å². The molecule has 4 aromatic rings. The minimum atomic E-state index is -1.22. The second-order valence-electron chi connectivity index (χ2n) is 14.3. The number of H-pyrrole nitrogens is 2. The number of imidazole rings is 2. The van der Waals surface area contributed by atoms with Crippen LogP contribution >= 0.6 is 0 Å². The number of alkyl carbamates (subject to hydrolysis) is 1. The maximum Gasteiger partial charge on any atom is 0.407 e. The van der Waals surface area contributed by atoms with Gasteiger partial charge < -0.3 is 40.2 Å². The van der Waals surface area contributed by atoms with E-state index >= 15 is 0 Å². The summed E-state index contributed by atoms with van der Waals surface area (Å²) in [7, 11) is 1.28. The van der Waals surface area contributed by atoms with E-state index in [0.29, 0.717) is 18.9 Å². The van der Waals surface area contributed by atoms with Gasteiger partial charge in [-0.2, -0.15) is 0 Å². The Balaban J connectivity index is 1.16. The number of aromatic nitrogens is 4. The molecule has 2 saturated heterocycles. The van der Waals surface area contributed by atoms with E-state index in [-0.39, 0.29) is 35.7 Å². The first-order chi connectivity index (χ1) is 25.4. The fourth-order valence-electron chi connectivity index (χ4n) is 7.26. The summed E-state index contributed by atoms with van der Waals surface area (Å²) in [5, 5.41) is 14.4. The van der Waals surface area contributed by atoms with Crippen LogP contribution in [0.2, 0.25) is 0 Å². The molecular weight excluding hydrogens is 676 g/mol. The lowest BCUT2D eigenvalue weighted by atomic mass is 10.00. The second-order valence-corrected chi connectivity index (χ2v) is 14.3. The molecule has 0 radical (unpaired) electrons. The highest BCUT2D eigenvalue weighted by atomic mass is 16.5. The van der Waals surface area contributed by atoms with Gasteiger partial charge in [0.2, 0.25) is 11.8 Å². The fourth-order valence-corrected chi connectivity index (χ4v) is 7.26. The van der Waals surface area contributed by atoms with Crippen LogP contribution < -0.4 is 10.6 Å². The topological polar surface area (TPSA) is 186 Å². The van der Waals surface area contributed by atoms with Crippen LogP contribution in [0.5, 0.6) is 0 Å². The van der Waals surface area contributed by atoms with Crippen LogP contribution in [0.1, 0.15) is 88.1 Å². The number of nitrogens with one attached hydrogen (secondary N) is 4. The molecule has 2 aliphatic heterocycles. The number of carboxylic acid groups (broad SMARTS) is 1. The number of hydrogen-bond donors (Lipinski definition) is 5. The highest BCUT2D eigenvalue weighted by Crippen LogP contribution is 2.37. The molecule has 0 aliphatic carbocycles. The molecule has 2 fully saturated rings. The largest absolute Gasteiger partial charge is 0.465 e. The molecular formula is C39H46N8O6. The van der Waals surface area contributed by atoms with Gasteiger partial charge in [0.15, 0.2) is 0 Å². The van der Waals surface area contributed by atoms with Crippen molar-refractivity contribution in [2.45, 2.75) is 77.5 Å². The zero-order chi connectivity index (χ0) is 37.8. The highest BCUT2D eigenvalue weighted by molar-refractivity contribution is 5.87. The van der Waals surface area contributed by atoms with Crippen molar-refractivity contribution in [2.24, 2.45) is 11.8 Å². The molecule has 2 aliphatic rings. The van der Waals surface area contributed by atoms with E-state index in [1.54, 1.807) is 11.2 Å². The number of ether oxygens (including phenoxy) is 1. The average molecular weight is 723 g/mol. The van der Waals surface area contributed by atoms with Crippen LogP contribution in [0.15, 0.2) is 48.8 Å². The molecule has 14 heteroatoms. The van der Waals surface area contributed by atoms with Crippen molar-refractivity contribution in [1.82, 2.24) is 40.4 Å². The summed E-state index contributed by atoms with van der Waals surface area (Å²) in [6.07, 6.45) is 2.93. The van der Waals surface area contributed by atoms with E-state index < -0.39 is 24.3 Å².